The lowest BCUT2D eigenvalue weighted by atomic mass is 10.1. The standard InChI is InChI=1S/C35H63N11O13/c1-3-4-5-6-7-8-9-12-25(51)43-21(11-10-14-41-35(39)59)30(54)45-23(18-48)32(56)44-22(13-15-40-33(57)26(37)19(2)49)31(55)46-27(28(52)29(38)53)34(58)42-20(17-47)16-24(36)50/h9,12,19-23,26-28,47-49,52H,3-8,10-11,13-18,37H2,1-2H3,(H2,36,50)(H2,38,53)(H,40,57)(H,42,58)(H,43,51)(H,44,56)(H,45,54)(H,46,55)(H3,39,41,59)/b12-9-/t19-,20-,21+,22-,23-,26-,27-,28-/m0/s1. The van der Waals surface area contributed by atoms with Crippen molar-refractivity contribution >= 4 is 53.3 Å². The first-order chi connectivity index (χ1) is 27.8. The molecule has 0 bridgehead atoms. The SMILES string of the molecule is CCCCCCC/C=C\C(=O)N[C@H](CCCNC(N)=O)C(=O)N[C@@H](CO)C(=O)N[C@@H](CCNC(=O)[C@@H](N)[C@H](C)O)C(=O)N[C@H](C(=O)N[C@H](CO)CC(N)=O)[C@H](O)C(N)=O. The lowest BCUT2D eigenvalue weighted by Gasteiger charge is -2.28. The predicted octanol–water partition coefficient (Wildman–Crippen LogP) is -6.30. The smallest absolute Gasteiger partial charge is 0.312 e. The van der Waals surface area contributed by atoms with E-state index in [1.54, 1.807) is 6.08 Å². The van der Waals surface area contributed by atoms with Gasteiger partial charge in [-0.25, -0.2) is 4.79 Å². The highest BCUT2D eigenvalue weighted by Crippen LogP contribution is 2.06. The van der Waals surface area contributed by atoms with E-state index in [0.717, 1.165) is 32.1 Å². The van der Waals surface area contributed by atoms with Crippen LogP contribution in [0.3, 0.4) is 0 Å². The second kappa shape index (κ2) is 29.7. The van der Waals surface area contributed by atoms with E-state index in [1.807, 2.05) is 5.32 Å². The fourth-order valence-corrected chi connectivity index (χ4v) is 5.15. The van der Waals surface area contributed by atoms with Gasteiger partial charge in [-0.15, -0.1) is 0 Å². The summed E-state index contributed by atoms with van der Waals surface area (Å²) < 4.78 is 0. The third-order valence-corrected chi connectivity index (χ3v) is 8.55. The topological polar surface area (TPSA) is 423 Å². The fourth-order valence-electron chi connectivity index (χ4n) is 5.15. The maximum Gasteiger partial charge on any atom is 0.312 e. The van der Waals surface area contributed by atoms with Gasteiger partial charge < -0.3 is 80.6 Å². The Morgan fingerprint density at radius 2 is 1.24 bits per heavy atom. The Labute approximate surface area is 341 Å². The van der Waals surface area contributed by atoms with Crippen LogP contribution in [0.1, 0.15) is 78.1 Å². The highest BCUT2D eigenvalue weighted by Gasteiger charge is 2.36. The molecule has 0 spiro atoms. The molecule has 59 heavy (non-hydrogen) atoms. The van der Waals surface area contributed by atoms with Crippen LogP contribution in [0.15, 0.2) is 12.2 Å². The molecule has 0 heterocycles. The second-order valence-corrected chi connectivity index (χ2v) is 13.6. The first-order valence-electron chi connectivity index (χ1n) is 19.2. The van der Waals surface area contributed by atoms with E-state index < -0.39 is 134 Å². The Balaban J connectivity index is 6.29. The molecule has 0 aromatic carbocycles. The van der Waals surface area contributed by atoms with Crippen LogP contribution in [-0.4, -0.2) is 148 Å². The number of amides is 10. The molecule has 0 aliphatic rings. The minimum atomic E-state index is -2.40. The molecule has 10 amide bonds. The molecule has 336 valence electrons. The summed E-state index contributed by atoms with van der Waals surface area (Å²) in [6.07, 6.45) is 3.86. The van der Waals surface area contributed by atoms with Gasteiger partial charge in [-0.05, 0) is 45.1 Å². The molecular formula is C35H63N11O13. The summed E-state index contributed by atoms with van der Waals surface area (Å²) in [5.74, 6) is -8.68. The summed E-state index contributed by atoms with van der Waals surface area (Å²) in [6, 6.07) is -10.6. The molecule has 0 saturated heterocycles. The zero-order valence-corrected chi connectivity index (χ0v) is 33.4. The van der Waals surface area contributed by atoms with Crippen molar-refractivity contribution in [2.75, 3.05) is 26.3 Å². The van der Waals surface area contributed by atoms with Gasteiger partial charge in [-0.3, -0.25) is 38.4 Å². The lowest BCUT2D eigenvalue weighted by Crippen LogP contribution is -2.63. The zero-order valence-electron chi connectivity index (χ0n) is 33.4. The van der Waals surface area contributed by atoms with Gasteiger partial charge in [0.05, 0.1) is 25.4 Å². The lowest BCUT2D eigenvalue weighted by molar-refractivity contribution is -0.140. The highest BCUT2D eigenvalue weighted by atomic mass is 16.3. The molecule has 0 unspecified atom stereocenters. The van der Waals surface area contributed by atoms with Crippen molar-refractivity contribution in [3.8, 4) is 0 Å². The van der Waals surface area contributed by atoms with Gasteiger partial charge in [0.25, 0.3) is 0 Å². The van der Waals surface area contributed by atoms with Gasteiger partial charge in [0.2, 0.25) is 47.3 Å². The normalized spacial score (nSPS) is 15.2. The average molecular weight is 846 g/mol. The van der Waals surface area contributed by atoms with Crippen LogP contribution >= 0.6 is 0 Å². The molecule has 8 atom stereocenters. The van der Waals surface area contributed by atoms with Crippen LogP contribution < -0.4 is 60.2 Å². The largest absolute Gasteiger partial charge is 0.394 e. The van der Waals surface area contributed by atoms with Gasteiger partial charge in [-0.2, -0.15) is 0 Å². The fraction of sp³-hybridized carbons (Fsp3) is 0.686. The molecule has 19 N–H and O–H groups in total. The van der Waals surface area contributed by atoms with E-state index in [1.165, 1.54) is 13.0 Å². The molecule has 0 aromatic rings. The number of rotatable bonds is 31. The predicted molar refractivity (Wildman–Crippen MR) is 209 cm³/mol. The molecule has 0 aliphatic carbocycles. The Morgan fingerprint density at radius 1 is 0.644 bits per heavy atom. The van der Waals surface area contributed by atoms with Crippen molar-refractivity contribution in [1.82, 2.24) is 37.2 Å². The van der Waals surface area contributed by atoms with Crippen LogP contribution in [0.4, 0.5) is 4.79 Å². The zero-order chi connectivity index (χ0) is 45.1. The third kappa shape index (κ3) is 22.9. The number of hydrogen-bond acceptors (Lipinski definition) is 14. The molecule has 0 aliphatic heterocycles. The van der Waals surface area contributed by atoms with Gasteiger partial charge in [0, 0.05) is 19.5 Å². The summed E-state index contributed by atoms with van der Waals surface area (Å²) >= 11 is 0. The van der Waals surface area contributed by atoms with Crippen molar-refractivity contribution in [3.05, 3.63) is 12.2 Å². The van der Waals surface area contributed by atoms with E-state index in [4.69, 9.17) is 22.9 Å². The van der Waals surface area contributed by atoms with Crippen molar-refractivity contribution < 1.29 is 63.6 Å². The number of primary amides is 3. The highest BCUT2D eigenvalue weighted by molar-refractivity contribution is 5.98. The van der Waals surface area contributed by atoms with Crippen LogP contribution in [0.2, 0.25) is 0 Å². The second-order valence-electron chi connectivity index (χ2n) is 13.6. The Bertz CT molecular complexity index is 1430. The number of nitrogens with two attached hydrogens (primary N) is 4. The number of carbonyl (C=O) groups is 9. The van der Waals surface area contributed by atoms with E-state index in [2.05, 4.69) is 38.8 Å². The van der Waals surface area contributed by atoms with Crippen molar-refractivity contribution in [2.24, 2.45) is 22.9 Å². The summed E-state index contributed by atoms with van der Waals surface area (Å²) in [4.78, 5) is 113. The first kappa shape index (κ1) is 53.6. The Kier molecular flexibility index (Phi) is 27.0. The molecule has 0 saturated carbocycles. The van der Waals surface area contributed by atoms with Gasteiger partial charge in [-0.1, -0.05) is 38.7 Å². The third-order valence-electron chi connectivity index (χ3n) is 8.55. The van der Waals surface area contributed by atoms with E-state index in [0.29, 0.717) is 6.42 Å². The maximum atomic E-state index is 13.6. The number of allylic oxidation sites excluding steroid dienone is 1. The molecule has 24 heteroatoms. The quantitative estimate of drug-likeness (QED) is 0.0228. The molecule has 0 aromatic heterocycles. The van der Waals surface area contributed by atoms with Gasteiger partial charge >= 0.3 is 6.03 Å². The van der Waals surface area contributed by atoms with Crippen LogP contribution in [-0.2, 0) is 38.4 Å². The Morgan fingerprint density at radius 3 is 1.80 bits per heavy atom. The average Bonchev–Trinajstić information content (AvgIpc) is 3.17. The van der Waals surface area contributed by atoms with E-state index in [-0.39, 0.29) is 19.4 Å². The van der Waals surface area contributed by atoms with Gasteiger partial charge in [0.15, 0.2) is 6.10 Å². The summed E-state index contributed by atoms with van der Waals surface area (Å²) in [6.45, 7) is 1.05. The summed E-state index contributed by atoms with van der Waals surface area (Å²) in [7, 11) is 0. The molecule has 0 rings (SSSR count). The summed E-state index contributed by atoms with van der Waals surface area (Å²) in [5.41, 5.74) is 21.0. The number of carbonyl (C=O) groups excluding carboxylic acids is 9. The van der Waals surface area contributed by atoms with E-state index >= 15 is 0 Å². The van der Waals surface area contributed by atoms with Gasteiger partial charge in [0.1, 0.15) is 30.2 Å². The minimum Gasteiger partial charge on any atom is -0.394 e. The number of aliphatic hydroxyl groups is 4. The molecule has 24 nitrogen and oxygen atoms in total. The molecular weight excluding hydrogens is 782 g/mol. The van der Waals surface area contributed by atoms with Crippen LogP contribution in [0, 0.1) is 0 Å². The van der Waals surface area contributed by atoms with Crippen LogP contribution in [0.25, 0.3) is 0 Å². The van der Waals surface area contributed by atoms with Crippen molar-refractivity contribution in [1.29, 1.82) is 0 Å². The number of hydrogen-bond donors (Lipinski definition) is 15. The first-order valence-corrected chi connectivity index (χ1v) is 19.2. The number of unbranched alkanes of at least 4 members (excludes halogenated alkanes) is 5. The number of urea groups is 1. The molecule has 0 fully saturated rings. The summed E-state index contributed by atoms with van der Waals surface area (Å²) in [5, 5.41) is 55.6. The maximum absolute atomic E-state index is 13.6. The monoisotopic (exact) mass is 845 g/mol. The number of aliphatic hydroxyl groups excluding tert-OH is 4. The Hall–Kier alpha value is -5.43. The molecule has 0 radical (unpaired) electrons. The number of nitrogens with one attached hydrogen (secondary N) is 7. The minimum absolute atomic E-state index is 0.0250. The van der Waals surface area contributed by atoms with Crippen molar-refractivity contribution in [3.63, 3.8) is 0 Å². The van der Waals surface area contributed by atoms with Crippen LogP contribution in [0.5, 0.6) is 0 Å². The van der Waals surface area contributed by atoms with E-state index in [9.17, 15) is 63.6 Å². The van der Waals surface area contributed by atoms with Crippen molar-refractivity contribution in [2.45, 2.75) is 127 Å².